The lowest BCUT2D eigenvalue weighted by Crippen LogP contribution is -2.01. The summed E-state index contributed by atoms with van der Waals surface area (Å²) in [5, 5.41) is 0. The second-order valence-corrected chi connectivity index (χ2v) is 3.50. The number of nitrogens with two attached hydrogens (primary N) is 1. The Morgan fingerprint density at radius 1 is 1.33 bits per heavy atom. The topological polar surface area (TPSA) is 54.7 Å². The Morgan fingerprint density at radius 3 is 2.80 bits per heavy atom. The average Bonchev–Trinajstić information content (AvgIpc) is 2.31. The normalized spacial score (nSPS) is 9.80. The minimum absolute atomic E-state index is 0.665. The molecule has 0 amide bonds. The highest BCUT2D eigenvalue weighted by molar-refractivity contribution is 5.11. The van der Waals surface area contributed by atoms with Crippen LogP contribution in [0.4, 0.5) is 0 Å². The first kappa shape index (κ1) is 11.7. The first-order valence-corrected chi connectivity index (χ1v) is 5.34. The van der Waals surface area contributed by atoms with Gasteiger partial charge in [0.15, 0.2) is 0 Å². The Kier molecular flexibility index (Phi) is 4.84. The van der Waals surface area contributed by atoms with Crippen molar-refractivity contribution in [3.63, 3.8) is 0 Å². The molecule has 0 aliphatic heterocycles. The fraction of sp³-hybridized carbons (Fsp3) is 0.417. The first-order chi connectivity index (χ1) is 7.26. The molecule has 3 nitrogen and oxygen atoms in total. The van der Waals surface area contributed by atoms with E-state index in [1.165, 1.54) is 5.56 Å². The Balaban J connectivity index is 3.16. The van der Waals surface area contributed by atoms with Gasteiger partial charge in [-0.3, -0.25) is 4.98 Å². The third-order valence-electron chi connectivity index (χ3n) is 2.17. The van der Waals surface area contributed by atoms with Gasteiger partial charge in [0.05, 0.1) is 5.69 Å². The number of aryl methyl sites for hydroxylation is 2. The maximum atomic E-state index is 5.53. The molecule has 1 aromatic heterocycles. The van der Waals surface area contributed by atoms with Gasteiger partial charge in [0.25, 0.3) is 0 Å². The lowest BCUT2D eigenvalue weighted by molar-refractivity contribution is 0.961. The molecule has 0 unspecified atom stereocenters. The lowest BCUT2D eigenvalue weighted by atomic mass is 10.2. The van der Waals surface area contributed by atoms with Crippen LogP contribution in [-0.4, -0.2) is 16.5 Å². The molecule has 0 bridgehead atoms. The van der Waals surface area contributed by atoms with Crippen LogP contribution in [0.1, 0.15) is 23.9 Å². The minimum atomic E-state index is 0.665. The van der Waals surface area contributed by atoms with Crippen molar-refractivity contribution in [2.75, 3.05) is 6.54 Å². The summed E-state index contributed by atoms with van der Waals surface area (Å²) in [6.07, 6.45) is 5.73. The molecule has 15 heavy (non-hydrogen) atoms. The molecule has 0 atom stereocenters. The Bertz CT molecular complexity index is 354. The Morgan fingerprint density at radius 2 is 2.13 bits per heavy atom. The molecule has 0 radical (unpaired) electrons. The van der Waals surface area contributed by atoms with E-state index in [1.54, 1.807) is 0 Å². The van der Waals surface area contributed by atoms with Gasteiger partial charge in [-0.1, -0.05) is 13.0 Å². The summed E-state index contributed by atoms with van der Waals surface area (Å²) in [6, 6.07) is 4.09. The van der Waals surface area contributed by atoms with Crippen molar-refractivity contribution in [1.82, 2.24) is 9.97 Å². The highest BCUT2D eigenvalue weighted by atomic mass is 14.7. The van der Waals surface area contributed by atoms with Crippen molar-refractivity contribution in [2.24, 2.45) is 5.73 Å². The summed E-state index contributed by atoms with van der Waals surface area (Å²) in [5.41, 5.74) is 8.80. The Labute approximate surface area is 91.1 Å². The quantitative estimate of drug-likeness (QED) is 0.792. The number of aromatic amines is 1. The van der Waals surface area contributed by atoms with Crippen molar-refractivity contribution in [3.8, 4) is 0 Å². The number of rotatable bonds is 3. The van der Waals surface area contributed by atoms with Gasteiger partial charge in [0.1, 0.15) is 0 Å². The third kappa shape index (κ3) is 4.13. The standard InChI is InChI=1S/C12H19N3/c1-3-12-9-14-8-11(6-7-13)5-4-10(2)15-12/h4-5,8-9,14H,3,6-7,13H2,1-2H3. The van der Waals surface area contributed by atoms with Crippen LogP contribution >= 0.6 is 0 Å². The summed E-state index contributed by atoms with van der Waals surface area (Å²) in [6.45, 7) is 4.76. The zero-order valence-corrected chi connectivity index (χ0v) is 9.46. The van der Waals surface area contributed by atoms with Gasteiger partial charge in [-0.2, -0.15) is 0 Å². The molecule has 0 spiro atoms. The van der Waals surface area contributed by atoms with Crippen molar-refractivity contribution in [3.05, 3.63) is 41.5 Å². The largest absolute Gasteiger partial charge is 0.366 e. The lowest BCUT2D eigenvalue weighted by Gasteiger charge is -1.92. The van der Waals surface area contributed by atoms with Gasteiger partial charge < -0.3 is 10.7 Å². The van der Waals surface area contributed by atoms with Gasteiger partial charge in [0, 0.05) is 18.1 Å². The van der Waals surface area contributed by atoms with Crippen LogP contribution in [-0.2, 0) is 12.8 Å². The van der Waals surface area contributed by atoms with E-state index < -0.39 is 0 Å². The SMILES string of the molecule is CCc1c[nH]cc(CCN)ccc(C)n1. The van der Waals surface area contributed by atoms with E-state index in [9.17, 15) is 0 Å². The molecular formula is C12H19N3. The molecule has 0 saturated heterocycles. The van der Waals surface area contributed by atoms with E-state index in [2.05, 4.69) is 23.0 Å². The van der Waals surface area contributed by atoms with Gasteiger partial charge in [0.2, 0.25) is 0 Å². The summed E-state index contributed by atoms with van der Waals surface area (Å²) >= 11 is 0. The van der Waals surface area contributed by atoms with Crippen molar-refractivity contribution < 1.29 is 0 Å². The number of hydrogen-bond acceptors (Lipinski definition) is 2. The second kappa shape index (κ2) is 6.19. The van der Waals surface area contributed by atoms with Crippen molar-refractivity contribution in [1.29, 1.82) is 0 Å². The molecule has 3 heteroatoms. The molecule has 0 aliphatic rings. The van der Waals surface area contributed by atoms with E-state index in [1.807, 2.05) is 25.4 Å². The van der Waals surface area contributed by atoms with E-state index in [4.69, 9.17) is 5.73 Å². The predicted octanol–water partition coefficient (Wildman–Crippen LogP) is 1.91. The van der Waals surface area contributed by atoms with E-state index >= 15 is 0 Å². The zero-order chi connectivity index (χ0) is 11.1. The summed E-state index contributed by atoms with van der Waals surface area (Å²) in [5.74, 6) is 0. The van der Waals surface area contributed by atoms with Crippen LogP contribution in [0.2, 0.25) is 0 Å². The van der Waals surface area contributed by atoms with E-state index in [-0.39, 0.29) is 0 Å². The molecule has 1 rings (SSSR count). The number of aromatic nitrogens is 2. The average molecular weight is 205 g/mol. The van der Waals surface area contributed by atoms with Crippen LogP contribution in [0.25, 0.3) is 0 Å². The highest BCUT2D eigenvalue weighted by Gasteiger charge is 1.89. The van der Waals surface area contributed by atoms with Crippen LogP contribution in [0.3, 0.4) is 0 Å². The van der Waals surface area contributed by atoms with Gasteiger partial charge in [-0.15, -0.1) is 0 Å². The van der Waals surface area contributed by atoms with Crippen LogP contribution in [0.15, 0.2) is 24.5 Å². The minimum Gasteiger partial charge on any atom is -0.366 e. The van der Waals surface area contributed by atoms with Gasteiger partial charge in [-0.25, -0.2) is 0 Å². The molecule has 1 heterocycles. The fourth-order valence-electron chi connectivity index (χ4n) is 1.32. The number of nitrogens with one attached hydrogen (secondary N) is 1. The van der Waals surface area contributed by atoms with E-state index in [0.717, 1.165) is 24.2 Å². The maximum Gasteiger partial charge on any atom is 0.0563 e. The first-order valence-electron chi connectivity index (χ1n) is 5.34. The maximum absolute atomic E-state index is 5.53. The van der Waals surface area contributed by atoms with Crippen LogP contribution < -0.4 is 5.73 Å². The highest BCUT2D eigenvalue weighted by Crippen LogP contribution is 1.98. The van der Waals surface area contributed by atoms with Gasteiger partial charge >= 0.3 is 0 Å². The molecule has 0 aromatic carbocycles. The molecule has 82 valence electrons. The smallest absolute Gasteiger partial charge is 0.0563 e. The van der Waals surface area contributed by atoms with E-state index in [0.29, 0.717) is 6.54 Å². The molecular weight excluding hydrogens is 186 g/mol. The summed E-state index contributed by atoms with van der Waals surface area (Å²) in [4.78, 5) is 7.62. The zero-order valence-electron chi connectivity index (χ0n) is 9.46. The number of nitrogens with zero attached hydrogens (tertiary/aromatic N) is 1. The second-order valence-electron chi connectivity index (χ2n) is 3.50. The summed E-state index contributed by atoms with van der Waals surface area (Å²) in [7, 11) is 0. The Hall–Kier alpha value is -1.35. The number of H-pyrrole nitrogens is 1. The van der Waals surface area contributed by atoms with Crippen molar-refractivity contribution in [2.45, 2.75) is 26.7 Å². The molecule has 1 aromatic rings. The third-order valence-corrected chi connectivity index (χ3v) is 2.17. The van der Waals surface area contributed by atoms with Crippen molar-refractivity contribution >= 4 is 0 Å². The molecule has 3 N–H and O–H groups in total. The predicted molar refractivity (Wildman–Crippen MR) is 63.1 cm³/mol. The monoisotopic (exact) mass is 205 g/mol. The molecule has 0 fully saturated rings. The van der Waals surface area contributed by atoms with Gasteiger partial charge in [-0.05, 0) is 37.9 Å². The molecule has 0 aliphatic carbocycles. The number of hydrogen-bond donors (Lipinski definition) is 2. The molecule has 0 saturated carbocycles. The summed E-state index contributed by atoms with van der Waals surface area (Å²) < 4.78 is 0. The van der Waals surface area contributed by atoms with Crippen LogP contribution in [0.5, 0.6) is 0 Å². The van der Waals surface area contributed by atoms with Crippen LogP contribution in [0, 0.1) is 6.92 Å². The fourth-order valence-corrected chi connectivity index (χ4v) is 1.32.